The predicted octanol–water partition coefficient (Wildman–Crippen LogP) is 2.60. The molecule has 0 aliphatic carbocycles. The van der Waals surface area contributed by atoms with Crippen molar-refractivity contribution in [2.75, 3.05) is 5.73 Å². The van der Waals surface area contributed by atoms with Crippen LogP contribution in [0.1, 0.15) is 16.5 Å². The largest absolute Gasteiger partial charge is 0.383 e. The standard InChI is InChI=1S/C10H8ClFN2OS/c11-6-1-5(2-7(12)3-6)9(15)8-4-14-10(13)16-8/h1-4,9,15H,(H2,13,14). The first kappa shape index (κ1) is 11.3. The van der Waals surface area contributed by atoms with Crippen LogP contribution in [0.4, 0.5) is 9.52 Å². The SMILES string of the molecule is Nc1ncc(C(O)c2cc(F)cc(Cl)c2)s1. The number of aliphatic hydroxyl groups excluding tert-OH is 1. The number of anilines is 1. The van der Waals surface area contributed by atoms with E-state index < -0.39 is 11.9 Å². The average Bonchev–Trinajstić information content (AvgIpc) is 2.62. The molecule has 2 aromatic rings. The minimum atomic E-state index is -0.956. The number of thiazole rings is 1. The number of rotatable bonds is 2. The molecule has 0 fully saturated rings. The van der Waals surface area contributed by atoms with Crippen molar-refractivity contribution in [3.05, 3.63) is 45.7 Å². The molecule has 0 radical (unpaired) electrons. The Morgan fingerprint density at radius 2 is 2.19 bits per heavy atom. The summed E-state index contributed by atoms with van der Waals surface area (Å²) in [5, 5.41) is 10.5. The van der Waals surface area contributed by atoms with Crippen molar-refractivity contribution in [2.24, 2.45) is 0 Å². The first-order valence-electron chi connectivity index (χ1n) is 4.41. The quantitative estimate of drug-likeness (QED) is 0.871. The van der Waals surface area contributed by atoms with Crippen molar-refractivity contribution < 1.29 is 9.50 Å². The molecule has 1 heterocycles. The fourth-order valence-corrected chi connectivity index (χ4v) is 2.25. The summed E-state index contributed by atoms with van der Waals surface area (Å²) in [5.41, 5.74) is 5.83. The van der Waals surface area contributed by atoms with Crippen molar-refractivity contribution in [3.63, 3.8) is 0 Å². The molecule has 3 N–H and O–H groups in total. The first-order chi connectivity index (χ1) is 7.56. The highest BCUT2D eigenvalue weighted by atomic mass is 35.5. The van der Waals surface area contributed by atoms with Crippen LogP contribution in [-0.4, -0.2) is 10.1 Å². The van der Waals surface area contributed by atoms with E-state index in [0.717, 1.165) is 11.3 Å². The van der Waals surface area contributed by atoms with E-state index in [0.29, 0.717) is 15.6 Å². The van der Waals surface area contributed by atoms with Crippen LogP contribution >= 0.6 is 22.9 Å². The van der Waals surface area contributed by atoms with Crippen LogP contribution in [0.25, 0.3) is 0 Å². The Hall–Kier alpha value is -1.17. The number of aliphatic hydroxyl groups is 1. The lowest BCUT2D eigenvalue weighted by Crippen LogP contribution is -1.97. The third kappa shape index (κ3) is 2.32. The van der Waals surface area contributed by atoms with E-state index in [1.165, 1.54) is 24.4 Å². The maximum atomic E-state index is 13.1. The molecule has 0 aliphatic rings. The second-order valence-electron chi connectivity index (χ2n) is 3.21. The van der Waals surface area contributed by atoms with Gasteiger partial charge in [0.1, 0.15) is 11.9 Å². The second-order valence-corrected chi connectivity index (χ2v) is 4.74. The van der Waals surface area contributed by atoms with Gasteiger partial charge in [-0.15, -0.1) is 0 Å². The van der Waals surface area contributed by atoms with Gasteiger partial charge < -0.3 is 10.8 Å². The molecular weight excluding hydrogens is 251 g/mol. The average molecular weight is 259 g/mol. The summed E-state index contributed by atoms with van der Waals surface area (Å²) in [6.07, 6.45) is 0.506. The van der Waals surface area contributed by atoms with Crippen molar-refractivity contribution in [3.8, 4) is 0 Å². The Morgan fingerprint density at radius 1 is 1.44 bits per heavy atom. The lowest BCUT2D eigenvalue weighted by atomic mass is 10.1. The number of aromatic nitrogens is 1. The van der Waals surface area contributed by atoms with E-state index in [-0.39, 0.29) is 5.02 Å². The highest BCUT2D eigenvalue weighted by Gasteiger charge is 2.14. The van der Waals surface area contributed by atoms with Gasteiger partial charge in [0.15, 0.2) is 5.13 Å². The number of benzene rings is 1. The molecule has 0 saturated carbocycles. The lowest BCUT2D eigenvalue weighted by Gasteiger charge is -2.08. The highest BCUT2D eigenvalue weighted by molar-refractivity contribution is 7.15. The molecule has 16 heavy (non-hydrogen) atoms. The van der Waals surface area contributed by atoms with Gasteiger partial charge in [-0.1, -0.05) is 22.9 Å². The van der Waals surface area contributed by atoms with Crippen LogP contribution in [0.3, 0.4) is 0 Å². The Balaban J connectivity index is 2.37. The number of hydrogen-bond acceptors (Lipinski definition) is 4. The smallest absolute Gasteiger partial charge is 0.180 e. The molecule has 0 spiro atoms. The maximum absolute atomic E-state index is 13.1. The summed E-state index contributed by atoms with van der Waals surface area (Å²) in [5.74, 6) is -0.487. The van der Waals surface area contributed by atoms with Crippen LogP contribution in [0.2, 0.25) is 5.02 Å². The predicted molar refractivity (Wildman–Crippen MR) is 62.0 cm³/mol. The second kappa shape index (κ2) is 4.37. The van der Waals surface area contributed by atoms with Gasteiger partial charge in [-0.25, -0.2) is 9.37 Å². The molecule has 84 valence electrons. The molecule has 0 amide bonds. The molecule has 1 aromatic heterocycles. The zero-order valence-corrected chi connectivity index (χ0v) is 9.60. The Morgan fingerprint density at radius 3 is 2.75 bits per heavy atom. The number of nitrogens with zero attached hydrogens (tertiary/aromatic N) is 1. The molecule has 6 heteroatoms. The monoisotopic (exact) mass is 258 g/mol. The zero-order valence-electron chi connectivity index (χ0n) is 8.02. The van der Waals surface area contributed by atoms with Gasteiger partial charge in [0.2, 0.25) is 0 Å². The lowest BCUT2D eigenvalue weighted by molar-refractivity contribution is 0.223. The summed E-state index contributed by atoms with van der Waals surface area (Å²) in [6, 6.07) is 3.91. The van der Waals surface area contributed by atoms with Crippen molar-refractivity contribution in [1.29, 1.82) is 0 Å². The van der Waals surface area contributed by atoms with E-state index in [9.17, 15) is 9.50 Å². The van der Waals surface area contributed by atoms with Gasteiger partial charge in [0.25, 0.3) is 0 Å². The minimum Gasteiger partial charge on any atom is -0.383 e. The third-order valence-corrected chi connectivity index (χ3v) is 3.11. The van der Waals surface area contributed by atoms with Gasteiger partial charge in [0.05, 0.1) is 4.88 Å². The molecule has 3 nitrogen and oxygen atoms in total. The van der Waals surface area contributed by atoms with Gasteiger partial charge in [-0.05, 0) is 23.8 Å². The number of hydrogen-bond donors (Lipinski definition) is 2. The Bertz CT molecular complexity index is 497. The molecular formula is C10H8ClFN2OS. The zero-order chi connectivity index (χ0) is 11.7. The van der Waals surface area contributed by atoms with Crippen LogP contribution in [0.15, 0.2) is 24.4 Å². The fourth-order valence-electron chi connectivity index (χ4n) is 1.32. The van der Waals surface area contributed by atoms with Gasteiger partial charge in [-0.2, -0.15) is 0 Å². The topological polar surface area (TPSA) is 59.1 Å². The maximum Gasteiger partial charge on any atom is 0.180 e. The molecule has 1 atom stereocenters. The molecule has 1 aromatic carbocycles. The van der Waals surface area contributed by atoms with Crippen LogP contribution in [-0.2, 0) is 0 Å². The van der Waals surface area contributed by atoms with Crippen molar-refractivity contribution in [1.82, 2.24) is 4.98 Å². The first-order valence-corrected chi connectivity index (χ1v) is 5.61. The minimum absolute atomic E-state index is 0.242. The number of nitrogens with two attached hydrogens (primary N) is 1. The fraction of sp³-hybridized carbons (Fsp3) is 0.100. The molecule has 0 saturated heterocycles. The van der Waals surface area contributed by atoms with Crippen molar-refractivity contribution >= 4 is 28.1 Å². The summed E-state index contributed by atoms with van der Waals surface area (Å²) >= 11 is 6.85. The van der Waals surface area contributed by atoms with E-state index in [2.05, 4.69) is 4.98 Å². The number of halogens is 2. The van der Waals surface area contributed by atoms with E-state index in [1.54, 1.807) is 0 Å². The molecule has 1 unspecified atom stereocenters. The van der Waals surface area contributed by atoms with Gasteiger partial charge >= 0.3 is 0 Å². The Kier molecular flexibility index (Phi) is 3.09. The van der Waals surface area contributed by atoms with E-state index in [1.807, 2.05) is 0 Å². The summed E-state index contributed by atoms with van der Waals surface area (Å²) < 4.78 is 13.1. The van der Waals surface area contributed by atoms with E-state index >= 15 is 0 Å². The summed E-state index contributed by atoms with van der Waals surface area (Å²) in [6.45, 7) is 0. The van der Waals surface area contributed by atoms with Gasteiger partial charge in [0, 0.05) is 11.2 Å². The normalized spacial score (nSPS) is 12.7. The van der Waals surface area contributed by atoms with Crippen molar-refractivity contribution in [2.45, 2.75) is 6.10 Å². The molecule has 0 aliphatic heterocycles. The molecule has 0 bridgehead atoms. The number of nitrogen functional groups attached to an aromatic ring is 1. The van der Waals surface area contributed by atoms with Crippen LogP contribution in [0.5, 0.6) is 0 Å². The van der Waals surface area contributed by atoms with Crippen LogP contribution < -0.4 is 5.73 Å². The Labute approximate surface area is 100 Å². The van der Waals surface area contributed by atoms with E-state index in [4.69, 9.17) is 17.3 Å². The third-order valence-electron chi connectivity index (χ3n) is 2.01. The molecule has 2 rings (SSSR count). The van der Waals surface area contributed by atoms with Crippen LogP contribution in [0, 0.1) is 5.82 Å². The summed E-state index contributed by atoms with van der Waals surface area (Å²) in [7, 11) is 0. The summed E-state index contributed by atoms with van der Waals surface area (Å²) in [4.78, 5) is 4.37. The van der Waals surface area contributed by atoms with Gasteiger partial charge in [-0.3, -0.25) is 0 Å². The highest BCUT2D eigenvalue weighted by Crippen LogP contribution is 2.29.